The Morgan fingerprint density at radius 1 is 1.07 bits per heavy atom. The molecule has 0 bridgehead atoms. The first-order valence-corrected chi connectivity index (χ1v) is 6.05. The molecule has 0 aromatic heterocycles. The van der Waals surface area contributed by atoms with Gasteiger partial charge in [-0.15, -0.1) is 0 Å². The van der Waals surface area contributed by atoms with E-state index in [0.717, 1.165) is 19.6 Å². The van der Waals surface area contributed by atoms with E-state index in [-0.39, 0.29) is 0 Å². The minimum Gasteiger partial charge on any atom is -0.395 e. The molecule has 0 aromatic carbocycles. The summed E-state index contributed by atoms with van der Waals surface area (Å²) in [7, 11) is 2.15. The van der Waals surface area contributed by atoms with Crippen molar-refractivity contribution in [2.75, 3.05) is 59.5 Å². The van der Waals surface area contributed by atoms with Crippen LogP contribution in [0, 0.1) is 0 Å². The molecule has 2 fully saturated rings. The van der Waals surface area contributed by atoms with E-state index in [1.165, 1.54) is 39.0 Å². The van der Waals surface area contributed by atoms with Crippen LogP contribution in [0.1, 0.15) is 12.8 Å². The van der Waals surface area contributed by atoms with Gasteiger partial charge in [-0.05, 0) is 33.0 Å². The van der Waals surface area contributed by atoms with E-state index in [2.05, 4.69) is 22.2 Å². The number of aliphatic hydroxyl groups is 1. The largest absolute Gasteiger partial charge is 0.395 e. The average molecular weight is 215 g/mol. The van der Waals surface area contributed by atoms with E-state index in [9.17, 15) is 0 Å². The predicted octanol–water partition coefficient (Wildman–Crippen LogP) is -0.404. The fraction of sp³-hybridized carbons (Fsp3) is 1.00. The summed E-state index contributed by atoms with van der Waals surface area (Å²) >= 11 is 0. The zero-order chi connectivity index (χ0) is 10.9. The van der Waals surface area contributed by atoms with Crippen LogP contribution >= 0.6 is 0 Å². The van der Waals surface area contributed by atoms with Crippen molar-refractivity contribution in [1.29, 1.82) is 0 Å². The molecule has 0 aliphatic carbocycles. The molecule has 0 radical (unpaired) electrons. The fourth-order valence-corrected chi connectivity index (χ4v) is 1.92. The molecular weight excluding hydrogens is 190 g/mol. The maximum Gasteiger partial charge on any atom is 0.0558 e. The molecule has 0 unspecified atom stereocenters. The molecule has 2 saturated heterocycles. The summed E-state index contributed by atoms with van der Waals surface area (Å²) in [5.74, 6) is 0. The summed E-state index contributed by atoms with van der Waals surface area (Å²) in [5, 5.41) is 11.8. The normalized spacial score (nSPS) is 23.6. The number of β-amino-alcohol motifs (C(OH)–C–C–N with tert-alkyl or cyclic N) is 1. The lowest BCUT2D eigenvalue weighted by Gasteiger charge is -2.21. The highest BCUT2D eigenvalue weighted by molar-refractivity contribution is 4.64. The summed E-state index contributed by atoms with van der Waals surface area (Å²) in [6.45, 7) is 8.33. The second-order valence-corrected chi connectivity index (χ2v) is 4.33. The molecule has 0 spiro atoms. The molecule has 0 atom stereocenters. The Bertz CT molecular complexity index is 143. The number of hydrogen-bond acceptors (Lipinski definition) is 4. The van der Waals surface area contributed by atoms with Gasteiger partial charge in [-0.25, -0.2) is 0 Å². The van der Waals surface area contributed by atoms with Crippen molar-refractivity contribution in [3.8, 4) is 0 Å². The van der Waals surface area contributed by atoms with E-state index >= 15 is 0 Å². The van der Waals surface area contributed by atoms with Gasteiger partial charge in [0.2, 0.25) is 0 Å². The maximum atomic E-state index is 8.48. The highest BCUT2D eigenvalue weighted by Crippen LogP contribution is 2.05. The second kappa shape index (κ2) is 8.05. The molecule has 2 N–H and O–H groups in total. The van der Waals surface area contributed by atoms with E-state index in [1.54, 1.807) is 0 Å². The Balaban J connectivity index is 0.000000151. The number of rotatable bonds is 2. The molecule has 2 aliphatic rings. The Hall–Kier alpha value is -0.160. The quantitative estimate of drug-likeness (QED) is 0.657. The molecular formula is C11H25N3O. The molecule has 15 heavy (non-hydrogen) atoms. The van der Waals surface area contributed by atoms with Crippen LogP contribution in [0.25, 0.3) is 0 Å². The van der Waals surface area contributed by atoms with Crippen molar-refractivity contribution >= 4 is 0 Å². The van der Waals surface area contributed by atoms with Crippen LogP contribution in [-0.2, 0) is 0 Å². The Morgan fingerprint density at radius 3 is 2.07 bits per heavy atom. The Morgan fingerprint density at radius 2 is 1.67 bits per heavy atom. The number of hydrogen-bond donors (Lipinski definition) is 2. The van der Waals surface area contributed by atoms with Gasteiger partial charge in [0, 0.05) is 32.7 Å². The van der Waals surface area contributed by atoms with E-state index in [4.69, 9.17) is 5.11 Å². The van der Waals surface area contributed by atoms with Crippen molar-refractivity contribution < 1.29 is 5.11 Å². The number of nitrogens with zero attached hydrogens (tertiary/aromatic N) is 2. The van der Waals surface area contributed by atoms with Crippen LogP contribution in [0.15, 0.2) is 0 Å². The van der Waals surface area contributed by atoms with E-state index in [0.29, 0.717) is 6.61 Å². The van der Waals surface area contributed by atoms with Crippen molar-refractivity contribution in [2.24, 2.45) is 0 Å². The van der Waals surface area contributed by atoms with Crippen LogP contribution in [0.2, 0.25) is 0 Å². The molecule has 2 heterocycles. The number of likely N-dealkylation sites (N-methyl/N-ethyl adjacent to an activating group) is 1. The first-order valence-electron chi connectivity index (χ1n) is 6.05. The smallest absolute Gasteiger partial charge is 0.0558 e. The molecule has 4 nitrogen and oxygen atoms in total. The first kappa shape index (κ1) is 12.9. The highest BCUT2D eigenvalue weighted by Gasteiger charge is 2.08. The number of piperazine rings is 1. The molecule has 0 aromatic rings. The van der Waals surface area contributed by atoms with Gasteiger partial charge < -0.3 is 20.2 Å². The van der Waals surface area contributed by atoms with E-state index in [1.807, 2.05) is 0 Å². The number of likely N-dealkylation sites (tertiary alicyclic amines) is 1. The molecule has 2 rings (SSSR count). The number of aliphatic hydroxyl groups excluding tert-OH is 1. The van der Waals surface area contributed by atoms with Crippen molar-refractivity contribution in [1.82, 2.24) is 15.1 Å². The molecule has 90 valence electrons. The average Bonchev–Trinajstić information content (AvgIpc) is 2.73. The third-order valence-corrected chi connectivity index (χ3v) is 2.96. The van der Waals surface area contributed by atoms with Gasteiger partial charge in [0.15, 0.2) is 0 Å². The SMILES string of the molecule is CN1CCNCC1.OCCN1CCCC1. The van der Waals surface area contributed by atoms with Crippen LogP contribution in [0.5, 0.6) is 0 Å². The molecule has 4 heteroatoms. The second-order valence-electron chi connectivity index (χ2n) is 4.33. The van der Waals surface area contributed by atoms with Gasteiger partial charge in [0.05, 0.1) is 6.61 Å². The lowest BCUT2D eigenvalue weighted by molar-refractivity contribution is 0.221. The third kappa shape index (κ3) is 6.10. The minimum atomic E-state index is 0.319. The van der Waals surface area contributed by atoms with Crippen LogP contribution in [0.4, 0.5) is 0 Å². The van der Waals surface area contributed by atoms with Gasteiger partial charge in [0.25, 0.3) is 0 Å². The molecule has 2 aliphatic heterocycles. The summed E-state index contributed by atoms with van der Waals surface area (Å²) in [6.07, 6.45) is 2.64. The zero-order valence-corrected chi connectivity index (χ0v) is 9.91. The summed E-state index contributed by atoms with van der Waals surface area (Å²) in [5.41, 5.74) is 0. The minimum absolute atomic E-state index is 0.319. The van der Waals surface area contributed by atoms with Gasteiger partial charge >= 0.3 is 0 Å². The first-order chi connectivity index (χ1) is 7.33. The fourth-order valence-electron chi connectivity index (χ4n) is 1.92. The highest BCUT2D eigenvalue weighted by atomic mass is 16.3. The van der Waals surface area contributed by atoms with Gasteiger partial charge in [0.1, 0.15) is 0 Å². The van der Waals surface area contributed by atoms with E-state index < -0.39 is 0 Å². The Labute approximate surface area is 93.2 Å². The Kier molecular flexibility index (Phi) is 6.92. The maximum absolute atomic E-state index is 8.48. The predicted molar refractivity (Wildman–Crippen MR) is 63.1 cm³/mol. The van der Waals surface area contributed by atoms with Crippen molar-refractivity contribution in [3.05, 3.63) is 0 Å². The van der Waals surface area contributed by atoms with Gasteiger partial charge in [-0.3, -0.25) is 0 Å². The topological polar surface area (TPSA) is 38.7 Å². The van der Waals surface area contributed by atoms with Crippen molar-refractivity contribution in [2.45, 2.75) is 12.8 Å². The van der Waals surface area contributed by atoms with Crippen LogP contribution in [0.3, 0.4) is 0 Å². The van der Waals surface area contributed by atoms with Crippen LogP contribution in [-0.4, -0.2) is 74.4 Å². The van der Waals surface area contributed by atoms with Crippen LogP contribution < -0.4 is 5.32 Å². The monoisotopic (exact) mass is 215 g/mol. The lowest BCUT2D eigenvalue weighted by atomic mass is 10.4. The summed E-state index contributed by atoms with van der Waals surface area (Å²) in [6, 6.07) is 0. The number of nitrogens with one attached hydrogen (secondary N) is 1. The lowest BCUT2D eigenvalue weighted by Crippen LogP contribution is -2.40. The molecule has 0 saturated carbocycles. The standard InChI is InChI=1S/C6H13NO.C5H12N2/c8-6-5-7-3-1-2-4-7;1-7-4-2-6-3-5-7/h8H,1-6H2;6H,2-5H2,1H3. The van der Waals surface area contributed by atoms with Crippen molar-refractivity contribution in [3.63, 3.8) is 0 Å². The van der Waals surface area contributed by atoms with Gasteiger partial charge in [-0.2, -0.15) is 0 Å². The summed E-state index contributed by atoms with van der Waals surface area (Å²) in [4.78, 5) is 4.62. The third-order valence-electron chi connectivity index (χ3n) is 2.96. The van der Waals surface area contributed by atoms with Gasteiger partial charge in [-0.1, -0.05) is 0 Å². The zero-order valence-electron chi connectivity index (χ0n) is 9.91. The summed E-state index contributed by atoms with van der Waals surface area (Å²) < 4.78 is 0. The molecule has 0 amide bonds.